The first kappa shape index (κ1) is 23.9. The monoisotopic (exact) mass is 406 g/mol. The van der Waals surface area contributed by atoms with Crippen LogP contribution in [0.4, 0.5) is 4.79 Å². The van der Waals surface area contributed by atoms with Crippen molar-refractivity contribution in [1.29, 1.82) is 0 Å². The fourth-order valence-corrected chi connectivity index (χ4v) is 3.33. The Kier molecular flexibility index (Phi) is 10.5. The Morgan fingerprint density at radius 2 is 1.75 bits per heavy atom. The van der Waals surface area contributed by atoms with Crippen LogP contribution in [0.3, 0.4) is 0 Å². The van der Waals surface area contributed by atoms with Crippen LogP contribution >= 0.6 is 11.8 Å². The molecule has 0 saturated carbocycles. The molecular formula is C21H30N2O4S. The summed E-state index contributed by atoms with van der Waals surface area (Å²) < 4.78 is 10.8. The number of nitrogens with one attached hydrogen (secondary N) is 2. The molecule has 154 valence electrons. The Bertz CT molecular complexity index is 658. The largest absolute Gasteiger partial charge is 0.447 e. The standard InChI is InChI=1S/C21H30N2O4S/c1-7-13-26-20(28-17-11-9-8-10-12-17)16(6)22-19(24)18(14(2)3)23-21(25)27-15(4)5/h1,8-12,14-16,18,20H,13H2,2-6H3,(H,22,24)(H,23,25). The van der Waals surface area contributed by atoms with Gasteiger partial charge in [-0.2, -0.15) is 0 Å². The van der Waals surface area contributed by atoms with Gasteiger partial charge in [0.2, 0.25) is 5.91 Å². The summed E-state index contributed by atoms with van der Waals surface area (Å²) in [5, 5.41) is 5.56. The number of amides is 2. The van der Waals surface area contributed by atoms with E-state index in [9.17, 15) is 9.59 Å². The fourth-order valence-electron chi connectivity index (χ4n) is 2.34. The molecule has 0 aromatic heterocycles. The third-order valence-corrected chi connectivity index (χ3v) is 4.99. The SMILES string of the molecule is C#CCOC(Sc1ccccc1)C(C)NC(=O)C(NC(=O)OC(C)C)C(C)C. The van der Waals surface area contributed by atoms with Gasteiger partial charge >= 0.3 is 6.09 Å². The highest BCUT2D eigenvalue weighted by atomic mass is 32.2. The van der Waals surface area contributed by atoms with Crippen LogP contribution in [-0.2, 0) is 14.3 Å². The summed E-state index contributed by atoms with van der Waals surface area (Å²) in [6, 6.07) is 8.67. The van der Waals surface area contributed by atoms with Crippen molar-refractivity contribution in [3.05, 3.63) is 30.3 Å². The minimum Gasteiger partial charge on any atom is -0.447 e. The lowest BCUT2D eigenvalue weighted by atomic mass is 10.0. The molecule has 0 aliphatic carbocycles. The number of ether oxygens (including phenoxy) is 2. The predicted molar refractivity (Wildman–Crippen MR) is 112 cm³/mol. The molecular weight excluding hydrogens is 376 g/mol. The first-order chi connectivity index (χ1) is 13.2. The minimum atomic E-state index is -0.719. The van der Waals surface area contributed by atoms with E-state index in [0.717, 1.165) is 4.90 Å². The fraction of sp³-hybridized carbons (Fsp3) is 0.524. The molecule has 0 bridgehead atoms. The van der Waals surface area contributed by atoms with Crippen molar-refractivity contribution in [2.75, 3.05) is 6.61 Å². The Balaban J connectivity index is 2.79. The van der Waals surface area contributed by atoms with E-state index in [4.69, 9.17) is 15.9 Å². The van der Waals surface area contributed by atoms with Gasteiger partial charge in [0.25, 0.3) is 0 Å². The Hall–Kier alpha value is -2.17. The van der Waals surface area contributed by atoms with Crippen molar-refractivity contribution >= 4 is 23.8 Å². The zero-order chi connectivity index (χ0) is 21.1. The quantitative estimate of drug-likeness (QED) is 0.354. The number of carbonyl (C=O) groups excluding carboxylic acids is 2. The Labute approximate surface area is 172 Å². The van der Waals surface area contributed by atoms with Crippen molar-refractivity contribution in [1.82, 2.24) is 10.6 Å². The topological polar surface area (TPSA) is 76.7 Å². The molecule has 0 spiro atoms. The van der Waals surface area contributed by atoms with Gasteiger partial charge in [0.1, 0.15) is 18.1 Å². The highest BCUT2D eigenvalue weighted by Gasteiger charge is 2.29. The summed E-state index contributed by atoms with van der Waals surface area (Å²) in [7, 11) is 0. The molecule has 1 aromatic carbocycles. The van der Waals surface area contributed by atoms with Gasteiger partial charge in [0, 0.05) is 4.90 Å². The van der Waals surface area contributed by atoms with Gasteiger partial charge in [-0.05, 0) is 38.8 Å². The lowest BCUT2D eigenvalue weighted by Gasteiger charge is -2.28. The molecule has 0 aliphatic rings. The average Bonchev–Trinajstić information content (AvgIpc) is 2.62. The number of benzene rings is 1. The van der Waals surface area contributed by atoms with Crippen LogP contribution < -0.4 is 10.6 Å². The molecule has 7 heteroatoms. The summed E-state index contributed by atoms with van der Waals surface area (Å²) in [4.78, 5) is 25.7. The third-order valence-electron chi connectivity index (χ3n) is 3.67. The maximum Gasteiger partial charge on any atom is 0.408 e. The second kappa shape index (κ2) is 12.3. The molecule has 1 aromatic rings. The van der Waals surface area contributed by atoms with Gasteiger partial charge in [-0.3, -0.25) is 4.79 Å². The van der Waals surface area contributed by atoms with Crippen molar-refractivity contribution in [2.24, 2.45) is 5.92 Å². The van der Waals surface area contributed by atoms with Gasteiger partial charge in [0.15, 0.2) is 0 Å². The van der Waals surface area contributed by atoms with Crippen molar-refractivity contribution in [2.45, 2.75) is 63.1 Å². The summed E-state index contributed by atoms with van der Waals surface area (Å²) in [5.74, 6) is 2.04. The van der Waals surface area contributed by atoms with Gasteiger partial charge < -0.3 is 20.1 Å². The molecule has 0 fully saturated rings. The number of hydrogen-bond donors (Lipinski definition) is 2. The van der Waals surface area contributed by atoms with Crippen molar-refractivity contribution in [3.8, 4) is 12.3 Å². The number of hydrogen-bond acceptors (Lipinski definition) is 5. The summed E-state index contributed by atoms with van der Waals surface area (Å²) >= 11 is 1.48. The number of carbonyl (C=O) groups is 2. The van der Waals surface area contributed by atoms with Crippen LogP contribution in [0.15, 0.2) is 35.2 Å². The molecule has 0 radical (unpaired) electrons. The first-order valence-corrected chi connectivity index (χ1v) is 10.2. The second-order valence-electron chi connectivity index (χ2n) is 6.93. The van der Waals surface area contributed by atoms with Crippen LogP contribution in [0.5, 0.6) is 0 Å². The first-order valence-electron chi connectivity index (χ1n) is 9.28. The van der Waals surface area contributed by atoms with E-state index in [0.29, 0.717) is 0 Å². The molecule has 0 aliphatic heterocycles. The van der Waals surface area contributed by atoms with Crippen LogP contribution in [0.25, 0.3) is 0 Å². The lowest BCUT2D eigenvalue weighted by molar-refractivity contribution is -0.125. The Morgan fingerprint density at radius 3 is 2.29 bits per heavy atom. The molecule has 0 heterocycles. The van der Waals surface area contributed by atoms with Gasteiger partial charge in [-0.15, -0.1) is 6.42 Å². The highest BCUT2D eigenvalue weighted by molar-refractivity contribution is 7.99. The predicted octanol–water partition coefficient (Wildman–Crippen LogP) is 3.42. The van der Waals surface area contributed by atoms with Crippen molar-refractivity contribution in [3.63, 3.8) is 0 Å². The normalized spacial score (nSPS) is 14.1. The van der Waals surface area contributed by atoms with Gasteiger partial charge in [-0.25, -0.2) is 4.79 Å². The molecule has 2 amide bonds. The smallest absolute Gasteiger partial charge is 0.408 e. The van der Waals surface area contributed by atoms with Crippen LogP contribution in [-0.4, -0.2) is 42.2 Å². The molecule has 6 nitrogen and oxygen atoms in total. The number of terminal acetylenes is 1. The number of rotatable bonds is 10. The zero-order valence-corrected chi connectivity index (χ0v) is 17.9. The number of alkyl carbamates (subject to hydrolysis) is 1. The third kappa shape index (κ3) is 8.68. The van der Waals surface area contributed by atoms with E-state index in [-0.39, 0.29) is 36.0 Å². The molecule has 3 atom stereocenters. The maximum absolute atomic E-state index is 12.8. The highest BCUT2D eigenvalue weighted by Crippen LogP contribution is 2.26. The van der Waals surface area contributed by atoms with Crippen molar-refractivity contribution < 1.29 is 19.1 Å². The van der Waals surface area contributed by atoms with Crippen LogP contribution in [0.1, 0.15) is 34.6 Å². The van der Waals surface area contributed by atoms with E-state index in [1.807, 2.05) is 51.1 Å². The molecule has 0 saturated heterocycles. The van der Waals surface area contributed by atoms with E-state index >= 15 is 0 Å². The van der Waals surface area contributed by atoms with Crippen LogP contribution in [0.2, 0.25) is 0 Å². The maximum atomic E-state index is 12.8. The Morgan fingerprint density at radius 1 is 1.11 bits per heavy atom. The summed E-state index contributed by atoms with van der Waals surface area (Å²) in [6.07, 6.45) is 4.44. The summed E-state index contributed by atoms with van der Waals surface area (Å²) in [6.45, 7) is 9.20. The summed E-state index contributed by atoms with van der Waals surface area (Å²) in [5.41, 5.74) is -0.377. The zero-order valence-electron chi connectivity index (χ0n) is 17.1. The molecule has 1 rings (SSSR count). The molecule has 2 N–H and O–H groups in total. The van der Waals surface area contributed by atoms with E-state index in [1.54, 1.807) is 13.8 Å². The van der Waals surface area contributed by atoms with Crippen LogP contribution in [0, 0.1) is 18.3 Å². The lowest BCUT2D eigenvalue weighted by Crippen LogP contribution is -2.53. The second-order valence-corrected chi connectivity index (χ2v) is 8.10. The van der Waals surface area contributed by atoms with Gasteiger partial charge in [0.05, 0.1) is 12.1 Å². The van der Waals surface area contributed by atoms with E-state index < -0.39 is 12.1 Å². The van der Waals surface area contributed by atoms with E-state index in [1.165, 1.54) is 11.8 Å². The van der Waals surface area contributed by atoms with E-state index in [2.05, 4.69) is 16.6 Å². The number of thioether (sulfide) groups is 1. The molecule has 28 heavy (non-hydrogen) atoms. The van der Waals surface area contributed by atoms with Gasteiger partial charge in [-0.1, -0.05) is 49.7 Å². The minimum absolute atomic E-state index is 0.112. The molecule has 3 unspecified atom stereocenters. The average molecular weight is 407 g/mol.